The second-order valence-electron chi connectivity index (χ2n) is 10.0. The quantitative estimate of drug-likeness (QED) is 0.413. The molecule has 2 atom stereocenters. The lowest BCUT2D eigenvalue weighted by atomic mass is 9.84. The van der Waals surface area contributed by atoms with E-state index in [1.807, 2.05) is 51.1 Å². The van der Waals surface area contributed by atoms with Crippen LogP contribution in [-0.4, -0.2) is 45.9 Å². The van der Waals surface area contributed by atoms with Crippen LogP contribution in [0.5, 0.6) is 5.88 Å². The minimum Gasteiger partial charge on any atom is -0.472 e. The lowest BCUT2D eigenvalue weighted by molar-refractivity contribution is 0.0555. The molecule has 2 amide bonds. The number of ether oxygens (including phenoxy) is 2. The molecule has 2 unspecified atom stereocenters. The molecule has 2 N–H and O–H groups in total. The predicted molar refractivity (Wildman–Crippen MR) is 137 cm³/mol. The summed E-state index contributed by atoms with van der Waals surface area (Å²) in [6.07, 6.45) is -0.124. The Morgan fingerprint density at radius 2 is 1.84 bits per heavy atom. The third-order valence-electron chi connectivity index (χ3n) is 6.20. The fourth-order valence-electron chi connectivity index (χ4n) is 4.60. The van der Waals surface area contributed by atoms with Crippen molar-refractivity contribution in [1.82, 2.24) is 9.88 Å². The number of hydrogen-bond donors (Lipinski definition) is 2. The van der Waals surface area contributed by atoms with E-state index in [0.717, 1.165) is 5.56 Å². The number of likely N-dealkylation sites (tertiary alicyclic amines) is 1. The Morgan fingerprint density at radius 1 is 1.14 bits per heavy atom. The highest BCUT2D eigenvalue weighted by Gasteiger charge is 2.45. The number of halogens is 1. The van der Waals surface area contributed by atoms with Crippen LogP contribution in [0.4, 0.5) is 19.7 Å². The molecular formula is C28H30FN3O5. The van der Waals surface area contributed by atoms with E-state index in [0.29, 0.717) is 29.8 Å². The number of carboxylic acid groups (broad SMARTS) is 1. The van der Waals surface area contributed by atoms with Crippen LogP contribution in [0.2, 0.25) is 0 Å². The third kappa shape index (κ3) is 6.35. The molecule has 0 saturated carbocycles. The van der Waals surface area contributed by atoms with E-state index in [1.165, 1.54) is 23.2 Å². The summed E-state index contributed by atoms with van der Waals surface area (Å²) in [5.74, 6) is -0.125. The van der Waals surface area contributed by atoms with Crippen molar-refractivity contribution in [2.75, 3.05) is 11.9 Å². The maximum Gasteiger partial charge on any atom is 0.412 e. The van der Waals surface area contributed by atoms with Crippen LogP contribution in [0.3, 0.4) is 0 Å². The highest BCUT2D eigenvalue weighted by atomic mass is 19.1. The van der Waals surface area contributed by atoms with Gasteiger partial charge in [-0.05, 0) is 34.7 Å². The molecule has 0 aliphatic carbocycles. The molecule has 1 aliphatic heterocycles. The number of aromatic nitrogens is 1. The summed E-state index contributed by atoms with van der Waals surface area (Å²) in [6.45, 7) is 6.37. The zero-order chi connectivity index (χ0) is 26.6. The predicted octanol–water partition coefficient (Wildman–Crippen LogP) is 6.18. The number of amides is 2. The molecule has 0 bridgehead atoms. The molecule has 3 aromatic rings. The van der Waals surface area contributed by atoms with Crippen LogP contribution in [0.1, 0.15) is 32.8 Å². The first-order valence-electron chi connectivity index (χ1n) is 12.0. The molecule has 194 valence electrons. The average Bonchev–Trinajstić information content (AvgIpc) is 3.30. The molecule has 0 radical (unpaired) electrons. The van der Waals surface area contributed by atoms with Crippen molar-refractivity contribution < 1.29 is 28.6 Å². The van der Waals surface area contributed by atoms with Crippen molar-refractivity contribution in [3.8, 4) is 17.0 Å². The summed E-state index contributed by atoms with van der Waals surface area (Å²) >= 11 is 0. The van der Waals surface area contributed by atoms with E-state index in [1.54, 1.807) is 18.2 Å². The van der Waals surface area contributed by atoms with E-state index in [2.05, 4.69) is 10.3 Å². The van der Waals surface area contributed by atoms with Crippen LogP contribution < -0.4 is 10.1 Å². The minimum absolute atomic E-state index is 0.113. The van der Waals surface area contributed by atoms with Gasteiger partial charge >= 0.3 is 12.2 Å². The lowest BCUT2D eigenvalue weighted by Crippen LogP contribution is -2.48. The van der Waals surface area contributed by atoms with Crippen molar-refractivity contribution in [2.24, 2.45) is 5.41 Å². The zero-order valence-corrected chi connectivity index (χ0v) is 21.0. The van der Waals surface area contributed by atoms with E-state index >= 15 is 0 Å². The molecule has 1 aliphatic rings. The molecule has 2 aromatic carbocycles. The van der Waals surface area contributed by atoms with Gasteiger partial charge in [-0.3, -0.25) is 5.32 Å². The van der Waals surface area contributed by atoms with Crippen LogP contribution in [0, 0.1) is 11.2 Å². The van der Waals surface area contributed by atoms with Crippen LogP contribution in [0.25, 0.3) is 11.1 Å². The molecule has 8 nitrogen and oxygen atoms in total. The number of carbonyl (C=O) groups is 2. The van der Waals surface area contributed by atoms with Gasteiger partial charge in [0.05, 0.1) is 17.9 Å². The number of rotatable bonds is 6. The molecule has 37 heavy (non-hydrogen) atoms. The van der Waals surface area contributed by atoms with Gasteiger partial charge in [-0.15, -0.1) is 0 Å². The van der Waals surface area contributed by atoms with Crippen LogP contribution in [0.15, 0.2) is 66.9 Å². The first-order valence-corrected chi connectivity index (χ1v) is 12.0. The van der Waals surface area contributed by atoms with Crippen molar-refractivity contribution in [3.63, 3.8) is 0 Å². The van der Waals surface area contributed by atoms with E-state index in [9.17, 15) is 19.1 Å². The largest absolute Gasteiger partial charge is 0.472 e. The Kier molecular flexibility index (Phi) is 7.61. The molecular weight excluding hydrogens is 477 g/mol. The number of nitrogens with one attached hydrogen (secondary N) is 1. The van der Waals surface area contributed by atoms with Crippen molar-refractivity contribution in [1.29, 1.82) is 0 Å². The van der Waals surface area contributed by atoms with Gasteiger partial charge in [-0.1, -0.05) is 63.2 Å². The number of benzene rings is 2. The fourth-order valence-corrected chi connectivity index (χ4v) is 4.60. The minimum atomic E-state index is -0.994. The normalized spacial score (nSPS) is 17.4. The van der Waals surface area contributed by atoms with Crippen LogP contribution in [-0.2, 0) is 11.3 Å². The Labute approximate surface area is 215 Å². The van der Waals surface area contributed by atoms with Gasteiger partial charge in [0, 0.05) is 18.5 Å². The van der Waals surface area contributed by atoms with E-state index in [4.69, 9.17) is 9.47 Å². The van der Waals surface area contributed by atoms with Gasteiger partial charge < -0.3 is 19.5 Å². The van der Waals surface area contributed by atoms with Gasteiger partial charge in [0.2, 0.25) is 5.88 Å². The van der Waals surface area contributed by atoms with Gasteiger partial charge in [-0.25, -0.2) is 19.0 Å². The smallest absolute Gasteiger partial charge is 0.412 e. The van der Waals surface area contributed by atoms with Crippen molar-refractivity contribution in [3.05, 3.63) is 78.2 Å². The molecule has 4 rings (SSSR count). The number of anilines is 1. The number of nitrogens with zero attached hydrogens (tertiary/aromatic N) is 2. The monoisotopic (exact) mass is 507 g/mol. The molecule has 1 saturated heterocycles. The summed E-state index contributed by atoms with van der Waals surface area (Å²) in [4.78, 5) is 30.1. The van der Waals surface area contributed by atoms with Crippen molar-refractivity contribution in [2.45, 2.75) is 45.9 Å². The molecule has 0 spiro atoms. The highest BCUT2D eigenvalue weighted by Crippen LogP contribution is 2.38. The van der Waals surface area contributed by atoms with Gasteiger partial charge in [0.25, 0.3) is 0 Å². The summed E-state index contributed by atoms with van der Waals surface area (Å²) in [5, 5.41) is 12.4. The Morgan fingerprint density at radius 3 is 2.49 bits per heavy atom. The standard InChI is InChI=1S/C28H30FN3O5/c1-28(2,3)24-23(13-14-32(24)27(34)35)37-25-22(19-9-11-20(29)12-10-19)15-21(16-30-25)31-26(33)36-17-18-7-5-4-6-8-18/h4-12,15-16,23-24H,13-14,17H2,1-3H3,(H,31,33)(H,34,35). The number of hydrogen-bond acceptors (Lipinski definition) is 5. The lowest BCUT2D eigenvalue weighted by Gasteiger charge is -2.36. The molecule has 1 aromatic heterocycles. The zero-order valence-electron chi connectivity index (χ0n) is 21.0. The number of pyridine rings is 1. The summed E-state index contributed by atoms with van der Waals surface area (Å²) in [5.41, 5.74) is 2.01. The maximum absolute atomic E-state index is 13.6. The van der Waals surface area contributed by atoms with E-state index in [-0.39, 0.29) is 17.9 Å². The van der Waals surface area contributed by atoms with E-state index < -0.39 is 30.1 Å². The first kappa shape index (κ1) is 25.9. The number of carbonyl (C=O) groups excluding carboxylic acids is 1. The van der Waals surface area contributed by atoms with Gasteiger partial charge in [0.15, 0.2) is 0 Å². The SMILES string of the molecule is CC(C)(C)C1C(Oc2ncc(NC(=O)OCc3ccccc3)cc2-c2ccc(F)cc2)CCN1C(=O)O. The molecule has 9 heteroatoms. The maximum atomic E-state index is 13.6. The second kappa shape index (κ2) is 10.9. The Bertz CT molecular complexity index is 1240. The topological polar surface area (TPSA) is 101 Å². The summed E-state index contributed by atoms with van der Waals surface area (Å²) in [7, 11) is 0. The first-order chi connectivity index (χ1) is 17.6. The van der Waals surface area contributed by atoms with Crippen molar-refractivity contribution >= 4 is 17.9 Å². The van der Waals surface area contributed by atoms with Gasteiger partial charge in [0.1, 0.15) is 18.5 Å². The third-order valence-corrected chi connectivity index (χ3v) is 6.20. The Balaban J connectivity index is 1.58. The molecule has 1 fully saturated rings. The summed E-state index contributed by atoms with van der Waals surface area (Å²) < 4.78 is 25.2. The molecule has 2 heterocycles. The van der Waals surface area contributed by atoms with Gasteiger partial charge in [-0.2, -0.15) is 0 Å². The summed E-state index contributed by atoms with van der Waals surface area (Å²) in [6, 6.07) is 16.4. The van der Waals surface area contributed by atoms with Crippen LogP contribution >= 0.6 is 0 Å². The Hall–Kier alpha value is -4.14. The second-order valence-corrected chi connectivity index (χ2v) is 10.0. The average molecular weight is 508 g/mol. The fraction of sp³-hybridized carbons (Fsp3) is 0.321. The highest BCUT2D eigenvalue weighted by molar-refractivity contribution is 5.86.